The molecule has 1 atom stereocenters. The number of aromatic nitrogens is 2. The minimum absolute atomic E-state index is 0.191. The van der Waals surface area contributed by atoms with Crippen molar-refractivity contribution in [3.8, 4) is 5.75 Å². The molecule has 1 N–H and O–H groups in total. The highest BCUT2D eigenvalue weighted by Gasteiger charge is 2.22. The van der Waals surface area contributed by atoms with Crippen LogP contribution in [0.25, 0.3) is 0 Å². The van der Waals surface area contributed by atoms with Crippen molar-refractivity contribution in [1.82, 2.24) is 14.5 Å². The van der Waals surface area contributed by atoms with Gasteiger partial charge in [-0.1, -0.05) is 6.07 Å². The molecule has 0 spiro atoms. The molecule has 0 aliphatic carbocycles. The van der Waals surface area contributed by atoms with E-state index in [0.717, 1.165) is 4.88 Å². The van der Waals surface area contributed by atoms with Crippen LogP contribution in [0.3, 0.4) is 0 Å². The van der Waals surface area contributed by atoms with Gasteiger partial charge < -0.3 is 4.74 Å². The van der Waals surface area contributed by atoms with E-state index in [2.05, 4.69) is 9.82 Å². The minimum Gasteiger partial charge on any atom is -0.497 e. The maximum Gasteiger partial charge on any atom is 0.240 e. The Bertz CT molecular complexity index is 886. The minimum atomic E-state index is -3.64. The molecule has 132 valence electrons. The molecule has 0 fully saturated rings. The van der Waals surface area contributed by atoms with E-state index in [1.54, 1.807) is 54.4 Å². The molecule has 8 heteroatoms. The van der Waals surface area contributed by atoms with E-state index in [9.17, 15) is 8.42 Å². The number of benzene rings is 1. The van der Waals surface area contributed by atoms with Crippen molar-refractivity contribution >= 4 is 21.4 Å². The number of thiophene rings is 1. The molecule has 3 aromatic rings. The lowest BCUT2D eigenvalue weighted by molar-refractivity contribution is 0.414. The number of nitrogens with one attached hydrogen (secondary N) is 1. The van der Waals surface area contributed by atoms with E-state index in [0.29, 0.717) is 11.3 Å². The highest BCUT2D eigenvalue weighted by molar-refractivity contribution is 7.89. The number of ether oxygens (including phenoxy) is 1. The predicted octanol–water partition coefficient (Wildman–Crippen LogP) is 2.83. The normalized spacial score (nSPS) is 12.9. The zero-order chi connectivity index (χ0) is 17.9. The van der Waals surface area contributed by atoms with Crippen LogP contribution in [0.2, 0.25) is 0 Å². The average Bonchev–Trinajstić information content (AvgIpc) is 3.28. The summed E-state index contributed by atoms with van der Waals surface area (Å²) in [6.07, 6.45) is 3.51. The van der Waals surface area contributed by atoms with Crippen LogP contribution in [0.1, 0.15) is 16.5 Å². The third kappa shape index (κ3) is 3.92. The van der Waals surface area contributed by atoms with Crippen LogP contribution in [-0.2, 0) is 10.0 Å². The highest BCUT2D eigenvalue weighted by Crippen LogP contribution is 2.24. The number of hydrogen-bond acceptors (Lipinski definition) is 5. The first-order valence-corrected chi connectivity index (χ1v) is 10.0. The number of nitrogens with zero attached hydrogens (tertiary/aromatic N) is 2. The Morgan fingerprint density at radius 1 is 1.32 bits per heavy atom. The Labute approximate surface area is 151 Å². The van der Waals surface area contributed by atoms with Crippen molar-refractivity contribution in [3.05, 3.63) is 64.6 Å². The molecule has 0 saturated heterocycles. The third-order valence-corrected chi connectivity index (χ3v) is 6.41. The van der Waals surface area contributed by atoms with Gasteiger partial charge in [-0.3, -0.25) is 4.68 Å². The molecule has 25 heavy (non-hydrogen) atoms. The first-order chi connectivity index (χ1) is 12.0. The quantitative estimate of drug-likeness (QED) is 0.687. The van der Waals surface area contributed by atoms with E-state index in [1.165, 1.54) is 0 Å². The first kappa shape index (κ1) is 17.7. The van der Waals surface area contributed by atoms with E-state index in [1.807, 2.05) is 29.8 Å². The Morgan fingerprint density at radius 3 is 2.76 bits per heavy atom. The largest absolute Gasteiger partial charge is 0.497 e. The summed E-state index contributed by atoms with van der Waals surface area (Å²) in [4.78, 5) is 1.29. The van der Waals surface area contributed by atoms with Crippen molar-refractivity contribution < 1.29 is 13.2 Å². The standard InChI is InChI=1S/C17H19N3O3S2/c1-13-11-14(23-2)6-7-17(13)25(21,22)19-12-15(16-5-3-10-24-16)20-9-4-8-18-20/h3-11,15,19H,12H2,1-2H3. The number of sulfonamides is 1. The lowest BCUT2D eigenvalue weighted by Gasteiger charge is -2.18. The Kier molecular flexibility index (Phi) is 5.22. The average molecular weight is 377 g/mol. The van der Waals surface area contributed by atoms with E-state index in [-0.39, 0.29) is 17.5 Å². The molecule has 1 unspecified atom stereocenters. The van der Waals surface area contributed by atoms with E-state index < -0.39 is 10.0 Å². The summed E-state index contributed by atoms with van der Waals surface area (Å²) in [5.74, 6) is 0.629. The Hall–Kier alpha value is -2.16. The van der Waals surface area contributed by atoms with Crippen LogP contribution < -0.4 is 9.46 Å². The fraction of sp³-hybridized carbons (Fsp3) is 0.235. The molecule has 0 aliphatic heterocycles. The fourth-order valence-corrected chi connectivity index (χ4v) is 4.67. The highest BCUT2D eigenvalue weighted by atomic mass is 32.2. The smallest absolute Gasteiger partial charge is 0.240 e. The van der Waals surface area contributed by atoms with Crippen LogP contribution in [-0.4, -0.2) is 31.9 Å². The Balaban J connectivity index is 1.83. The van der Waals surface area contributed by atoms with Gasteiger partial charge in [0.2, 0.25) is 10.0 Å². The van der Waals surface area contributed by atoms with Gasteiger partial charge in [0.05, 0.1) is 18.0 Å². The second-order valence-electron chi connectivity index (χ2n) is 5.50. The second-order valence-corrected chi connectivity index (χ2v) is 8.22. The maximum atomic E-state index is 12.7. The molecular formula is C17H19N3O3S2. The van der Waals surface area contributed by atoms with Gasteiger partial charge in [0, 0.05) is 23.8 Å². The van der Waals surface area contributed by atoms with Gasteiger partial charge >= 0.3 is 0 Å². The summed E-state index contributed by atoms with van der Waals surface area (Å²) < 4.78 is 35.0. The third-order valence-electron chi connectivity index (χ3n) is 3.85. The van der Waals surface area contributed by atoms with Crippen LogP contribution in [0.4, 0.5) is 0 Å². The van der Waals surface area contributed by atoms with E-state index >= 15 is 0 Å². The molecule has 2 heterocycles. The van der Waals surface area contributed by atoms with Crippen molar-refractivity contribution in [2.75, 3.05) is 13.7 Å². The molecular weight excluding hydrogens is 358 g/mol. The monoisotopic (exact) mass is 377 g/mol. The Morgan fingerprint density at radius 2 is 2.16 bits per heavy atom. The van der Waals surface area contributed by atoms with E-state index in [4.69, 9.17) is 4.74 Å². The molecule has 2 aromatic heterocycles. The summed E-state index contributed by atoms with van der Waals surface area (Å²) in [6.45, 7) is 1.97. The molecule has 0 saturated carbocycles. The molecule has 0 amide bonds. The molecule has 0 aliphatic rings. The van der Waals surface area contributed by atoms with Gasteiger partial charge in [0.25, 0.3) is 0 Å². The number of rotatable bonds is 7. The summed E-state index contributed by atoms with van der Waals surface area (Å²) >= 11 is 1.57. The summed E-state index contributed by atoms with van der Waals surface area (Å²) in [5.41, 5.74) is 0.638. The zero-order valence-corrected chi connectivity index (χ0v) is 15.5. The number of aryl methyl sites for hydroxylation is 1. The summed E-state index contributed by atoms with van der Waals surface area (Å²) in [7, 11) is -2.08. The van der Waals surface area contributed by atoms with Gasteiger partial charge in [0.1, 0.15) is 5.75 Å². The zero-order valence-electron chi connectivity index (χ0n) is 13.9. The molecule has 1 aromatic carbocycles. The van der Waals surface area contributed by atoms with Crippen LogP contribution in [0.15, 0.2) is 59.1 Å². The molecule has 0 bridgehead atoms. The summed E-state index contributed by atoms with van der Waals surface area (Å²) in [6, 6.07) is 10.5. The topological polar surface area (TPSA) is 73.2 Å². The number of methoxy groups -OCH3 is 1. The van der Waals surface area contributed by atoms with Gasteiger partial charge in [-0.2, -0.15) is 5.10 Å². The van der Waals surface area contributed by atoms with Gasteiger partial charge in [-0.05, 0) is 48.2 Å². The predicted molar refractivity (Wildman–Crippen MR) is 97.6 cm³/mol. The number of hydrogen-bond donors (Lipinski definition) is 1. The molecule has 6 nitrogen and oxygen atoms in total. The van der Waals surface area contributed by atoms with Gasteiger partial charge in [-0.25, -0.2) is 13.1 Å². The SMILES string of the molecule is COc1ccc(S(=O)(=O)NCC(c2cccs2)n2cccn2)c(C)c1. The summed E-state index contributed by atoms with van der Waals surface area (Å²) in [5, 5.41) is 6.22. The fourth-order valence-electron chi connectivity index (χ4n) is 2.59. The van der Waals surface area contributed by atoms with Crippen LogP contribution in [0, 0.1) is 6.92 Å². The van der Waals surface area contributed by atoms with Gasteiger partial charge in [-0.15, -0.1) is 11.3 Å². The maximum absolute atomic E-state index is 12.7. The second kappa shape index (κ2) is 7.38. The van der Waals surface area contributed by atoms with Crippen molar-refractivity contribution in [2.45, 2.75) is 17.9 Å². The molecule has 3 rings (SSSR count). The van der Waals surface area contributed by atoms with Gasteiger partial charge in [0.15, 0.2) is 0 Å². The lowest BCUT2D eigenvalue weighted by atomic mass is 10.2. The lowest BCUT2D eigenvalue weighted by Crippen LogP contribution is -2.31. The van der Waals surface area contributed by atoms with Crippen LogP contribution in [0.5, 0.6) is 5.75 Å². The van der Waals surface area contributed by atoms with Crippen molar-refractivity contribution in [3.63, 3.8) is 0 Å². The first-order valence-electron chi connectivity index (χ1n) is 7.68. The van der Waals surface area contributed by atoms with Crippen molar-refractivity contribution in [1.29, 1.82) is 0 Å². The molecule has 0 radical (unpaired) electrons. The van der Waals surface area contributed by atoms with Crippen molar-refractivity contribution in [2.24, 2.45) is 0 Å². The van der Waals surface area contributed by atoms with Crippen LogP contribution >= 0.6 is 11.3 Å².